The number of aryl methyl sites for hydroxylation is 1. The largest absolute Gasteiger partial charge is 0.464 e. The third-order valence-corrected chi connectivity index (χ3v) is 7.93. The molecule has 0 saturated heterocycles. The van der Waals surface area contributed by atoms with Gasteiger partial charge < -0.3 is 9.32 Å². The second-order valence-corrected chi connectivity index (χ2v) is 12.7. The molecule has 0 aliphatic heterocycles. The fourth-order valence-corrected chi connectivity index (χ4v) is 6.05. The Hall–Kier alpha value is -2.65. The lowest BCUT2D eigenvalue weighted by atomic mass is 10.0. The topological polar surface area (TPSA) is 88.7 Å². The molecule has 3 rings (SSSR count). The van der Waals surface area contributed by atoms with Crippen molar-refractivity contribution in [2.24, 2.45) is 24.8 Å². The minimum atomic E-state index is -4.04. The fraction of sp³-hybridized carbons (Fsp3) is 0.556. The van der Waals surface area contributed by atoms with Gasteiger partial charge in [0.25, 0.3) is 0 Å². The highest BCUT2D eigenvalue weighted by Gasteiger charge is 2.39. The number of hydrogen-bond acceptors (Lipinski definition) is 5. The molecule has 0 aliphatic carbocycles. The molecular formula is C27H40N4O4S. The molecule has 0 unspecified atom stereocenters. The Balaban J connectivity index is 2.13. The maximum Gasteiger partial charge on any atom is 0.244 e. The molecule has 2 heterocycles. The van der Waals surface area contributed by atoms with E-state index in [4.69, 9.17) is 4.42 Å². The zero-order valence-electron chi connectivity index (χ0n) is 22.5. The van der Waals surface area contributed by atoms with E-state index >= 15 is 0 Å². The number of sulfonamides is 1. The van der Waals surface area contributed by atoms with Gasteiger partial charge in [0.2, 0.25) is 15.9 Å². The lowest BCUT2D eigenvalue weighted by Crippen LogP contribution is -2.52. The number of rotatable bonds is 12. The SMILES string of the molecule is CC(C)C[C@@H](C(=O)N(CC(C)C)CC(C)C)N(Cc1ccnn1C)S(=O)(=O)c1ccc2occc2c1. The standard InChI is InChI=1S/C27H40N4O4S/c1-19(2)14-25(27(32)30(16-20(3)4)17-21(5)6)31(18-23-10-12-28-29(23)7)36(33,34)24-8-9-26-22(15-24)11-13-35-26/h8-13,15,19-21,25H,14,16-18H2,1-7H3/t25-/m0/s1. The predicted molar refractivity (Wildman–Crippen MR) is 142 cm³/mol. The van der Waals surface area contributed by atoms with E-state index in [0.717, 1.165) is 0 Å². The average molecular weight is 517 g/mol. The Bertz CT molecular complexity index is 1250. The van der Waals surface area contributed by atoms with E-state index in [-0.39, 0.29) is 35.1 Å². The maximum atomic E-state index is 14.2. The Morgan fingerprint density at radius 1 is 1.00 bits per heavy atom. The molecule has 3 aromatic rings. The summed E-state index contributed by atoms with van der Waals surface area (Å²) in [6.45, 7) is 13.5. The van der Waals surface area contributed by atoms with Gasteiger partial charge in [-0.25, -0.2) is 8.42 Å². The van der Waals surface area contributed by atoms with Crippen molar-refractivity contribution in [3.05, 3.63) is 48.5 Å². The molecule has 0 spiro atoms. The van der Waals surface area contributed by atoms with Crippen molar-refractivity contribution in [2.45, 2.75) is 65.4 Å². The van der Waals surface area contributed by atoms with Crippen LogP contribution in [0.1, 0.15) is 53.7 Å². The summed E-state index contributed by atoms with van der Waals surface area (Å²) in [6, 6.07) is 7.51. The molecular weight excluding hydrogens is 476 g/mol. The second kappa shape index (κ2) is 11.6. The number of nitrogens with zero attached hydrogens (tertiary/aromatic N) is 4. The van der Waals surface area contributed by atoms with E-state index in [1.54, 1.807) is 48.3 Å². The van der Waals surface area contributed by atoms with Gasteiger partial charge in [0, 0.05) is 31.7 Å². The van der Waals surface area contributed by atoms with Crippen LogP contribution in [0.2, 0.25) is 0 Å². The average Bonchev–Trinajstić information content (AvgIpc) is 3.42. The van der Waals surface area contributed by atoms with E-state index in [1.807, 2.05) is 18.7 Å². The van der Waals surface area contributed by atoms with Crippen molar-refractivity contribution in [2.75, 3.05) is 13.1 Å². The zero-order valence-corrected chi connectivity index (χ0v) is 23.3. The Morgan fingerprint density at radius 3 is 2.22 bits per heavy atom. The number of aromatic nitrogens is 2. The highest BCUT2D eigenvalue weighted by Crippen LogP contribution is 2.28. The number of hydrogen-bond donors (Lipinski definition) is 0. The maximum absolute atomic E-state index is 14.2. The van der Waals surface area contributed by atoms with E-state index in [1.165, 1.54) is 10.6 Å². The lowest BCUT2D eigenvalue weighted by Gasteiger charge is -2.36. The van der Waals surface area contributed by atoms with E-state index in [0.29, 0.717) is 36.2 Å². The van der Waals surface area contributed by atoms with Crippen LogP contribution in [-0.2, 0) is 28.4 Å². The van der Waals surface area contributed by atoms with E-state index in [2.05, 4.69) is 32.8 Å². The normalized spacial score (nSPS) is 13.4. The molecule has 1 aromatic carbocycles. The molecule has 36 heavy (non-hydrogen) atoms. The Kier molecular flexibility index (Phi) is 9.00. The molecule has 1 amide bonds. The molecule has 0 fully saturated rings. The zero-order chi connectivity index (χ0) is 26.6. The molecule has 9 heteroatoms. The van der Waals surface area contributed by atoms with Crippen LogP contribution in [0.25, 0.3) is 11.0 Å². The number of furan rings is 1. The second-order valence-electron chi connectivity index (χ2n) is 10.8. The first-order valence-electron chi connectivity index (χ1n) is 12.6. The van der Waals surface area contributed by atoms with Gasteiger partial charge in [-0.15, -0.1) is 0 Å². The molecule has 0 saturated carbocycles. The molecule has 2 aromatic heterocycles. The molecule has 0 N–H and O–H groups in total. The van der Waals surface area contributed by atoms with Gasteiger partial charge in [0.15, 0.2) is 0 Å². The number of benzene rings is 1. The summed E-state index contributed by atoms with van der Waals surface area (Å²) in [5, 5.41) is 4.92. The number of amides is 1. The summed E-state index contributed by atoms with van der Waals surface area (Å²) < 4.78 is 36.9. The van der Waals surface area contributed by atoms with Crippen LogP contribution in [0.5, 0.6) is 0 Å². The van der Waals surface area contributed by atoms with Crippen molar-refractivity contribution < 1.29 is 17.6 Å². The minimum absolute atomic E-state index is 0.0442. The summed E-state index contributed by atoms with van der Waals surface area (Å²) in [4.78, 5) is 16.1. The number of fused-ring (bicyclic) bond motifs is 1. The smallest absolute Gasteiger partial charge is 0.244 e. The van der Waals surface area contributed by atoms with Crippen LogP contribution in [0.4, 0.5) is 0 Å². The van der Waals surface area contributed by atoms with Crippen molar-refractivity contribution in [1.82, 2.24) is 19.0 Å². The number of carbonyl (C=O) groups excluding carboxylic acids is 1. The quantitative estimate of drug-likeness (QED) is 0.341. The van der Waals surface area contributed by atoms with Crippen LogP contribution < -0.4 is 0 Å². The van der Waals surface area contributed by atoms with E-state index < -0.39 is 16.1 Å². The van der Waals surface area contributed by atoms with Gasteiger partial charge in [-0.2, -0.15) is 9.40 Å². The van der Waals surface area contributed by atoms with Gasteiger partial charge in [-0.05, 0) is 54.5 Å². The molecule has 8 nitrogen and oxygen atoms in total. The summed E-state index contributed by atoms with van der Waals surface area (Å²) in [5.74, 6) is 0.483. The third-order valence-electron chi connectivity index (χ3n) is 6.08. The number of carbonyl (C=O) groups is 1. The fourth-order valence-electron chi connectivity index (χ4n) is 4.45. The summed E-state index contributed by atoms with van der Waals surface area (Å²) in [6.07, 6.45) is 3.59. The van der Waals surface area contributed by atoms with E-state index in [9.17, 15) is 13.2 Å². The van der Waals surface area contributed by atoms with Gasteiger partial charge in [-0.1, -0.05) is 41.5 Å². The molecule has 0 radical (unpaired) electrons. The van der Waals surface area contributed by atoms with Gasteiger partial charge in [0.1, 0.15) is 11.6 Å². The summed E-state index contributed by atoms with van der Waals surface area (Å²) in [7, 11) is -2.26. The predicted octanol–water partition coefficient (Wildman–Crippen LogP) is 4.91. The highest BCUT2D eigenvalue weighted by molar-refractivity contribution is 7.89. The first-order valence-corrected chi connectivity index (χ1v) is 14.1. The third kappa shape index (κ3) is 6.56. The lowest BCUT2D eigenvalue weighted by molar-refractivity contribution is -0.137. The van der Waals surface area contributed by atoms with Crippen molar-refractivity contribution in [3.8, 4) is 0 Å². The van der Waals surface area contributed by atoms with Crippen molar-refractivity contribution >= 4 is 26.9 Å². The summed E-state index contributed by atoms with van der Waals surface area (Å²) >= 11 is 0. The van der Waals surface area contributed by atoms with Crippen LogP contribution in [-0.4, -0.2) is 52.4 Å². The van der Waals surface area contributed by atoms with Crippen LogP contribution in [0, 0.1) is 17.8 Å². The Morgan fingerprint density at radius 2 is 1.67 bits per heavy atom. The first-order chi connectivity index (χ1) is 16.9. The van der Waals surface area contributed by atoms with Crippen molar-refractivity contribution in [3.63, 3.8) is 0 Å². The van der Waals surface area contributed by atoms with Crippen LogP contribution in [0.15, 0.2) is 52.1 Å². The van der Waals surface area contributed by atoms with Crippen LogP contribution in [0.3, 0.4) is 0 Å². The minimum Gasteiger partial charge on any atom is -0.464 e. The van der Waals surface area contributed by atoms with Crippen molar-refractivity contribution in [1.29, 1.82) is 0 Å². The van der Waals surface area contributed by atoms with Gasteiger partial charge in [0.05, 0.1) is 23.4 Å². The van der Waals surface area contributed by atoms with Gasteiger partial charge >= 0.3 is 0 Å². The Labute approximate surface area is 215 Å². The van der Waals surface area contributed by atoms with Gasteiger partial charge in [-0.3, -0.25) is 9.48 Å². The molecule has 1 atom stereocenters. The molecule has 0 aliphatic rings. The monoisotopic (exact) mass is 516 g/mol. The molecule has 0 bridgehead atoms. The summed E-state index contributed by atoms with van der Waals surface area (Å²) in [5.41, 5.74) is 1.32. The first kappa shape index (κ1) is 27.9. The highest BCUT2D eigenvalue weighted by atomic mass is 32.2. The van der Waals surface area contributed by atoms with Crippen LogP contribution >= 0.6 is 0 Å². The molecule has 198 valence electrons.